The van der Waals surface area contributed by atoms with Crippen LogP contribution in [0.5, 0.6) is 23.0 Å². The third kappa shape index (κ3) is 2.09. The zero-order valence-corrected chi connectivity index (χ0v) is 14.7. The predicted octanol–water partition coefficient (Wildman–Crippen LogP) is 3.40. The van der Waals surface area contributed by atoms with Gasteiger partial charge in [-0.25, -0.2) is 13.6 Å². The maximum atomic E-state index is 14.6. The smallest absolute Gasteiger partial charge is 0.340 e. The van der Waals surface area contributed by atoms with Gasteiger partial charge in [-0.15, -0.1) is 0 Å². The summed E-state index contributed by atoms with van der Waals surface area (Å²) >= 11 is 0. The number of esters is 1. The van der Waals surface area contributed by atoms with Gasteiger partial charge in [0.25, 0.3) is 0 Å². The number of benzene rings is 3. The number of hydrogen-bond donors (Lipinski definition) is 3. The zero-order valence-electron chi connectivity index (χ0n) is 14.7. The lowest BCUT2D eigenvalue weighted by Gasteiger charge is -2.37. The van der Waals surface area contributed by atoms with Crippen LogP contribution in [0, 0.1) is 11.6 Å². The Morgan fingerprint density at radius 1 is 1.00 bits per heavy atom. The fourth-order valence-electron chi connectivity index (χ4n) is 4.02. The molecule has 2 aliphatic rings. The monoisotopic (exact) mass is 397 g/mol. The van der Waals surface area contributed by atoms with E-state index in [1.807, 2.05) is 0 Å². The van der Waals surface area contributed by atoms with Gasteiger partial charge in [0.15, 0.2) is 28.7 Å². The van der Waals surface area contributed by atoms with Crippen LogP contribution in [0.15, 0.2) is 42.5 Å². The van der Waals surface area contributed by atoms with E-state index in [4.69, 9.17) is 15.2 Å². The number of hydrogen-bond acceptors (Lipinski definition) is 6. The summed E-state index contributed by atoms with van der Waals surface area (Å²) in [5.41, 5.74) is 4.64. The largest absolute Gasteiger partial charge is 0.505 e. The van der Waals surface area contributed by atoms with Crippen molar-refractivity contribution in [3.05, 3.63) is 81.9 Å². The van der Waals surface area contributed by atoms with Crippen molar-refractivity contribution in [2.75, 3.05) is 0 Å². The normalized spacial score (nSPS) is 18.7. The second-order valence-electron chi connectivity index (χ2n) is 6.78. The van der Waals surface area contributed by atoms with Gasteiger partial charge < -0.3 is 25.4 Å². The Balaban J connectivity index is 1.96. The number of halogens is 2. The van der Waals surface area contributed by atoms with E-state index in [9.17, 15) is 23.8 Å². The molecule has 29 heavy (non-hydrogen) atoms. The van der Waals surface area contributed by atoms with Crippen molar-refractivity contribution in [1.29, 1.82) is 0 Å². The highest BCUT2D eigenvalue weighted by Gasteiger charge is 2.54. The van der Waals surface area contributed by atoms with Crippen molar-refractivity contribution in [2.45, 2.75) is 12.1 Å². The Hall–Kier alpha value is -3.65. The molecule has 0 saturated heterocycles. The number of carbonyl (C=O) groups is 1. The van der Waals surface area contributed by atoms with Crippen LogP contribution < -0.4 is 10.5 Å². The number of phenols is 2. The highest BCUT2D eigenvalue weighted by Crippen LogP contribution is 2.58. The molecule has 0 bridgehead atoms. The highest BCUT2D eigenvalue weighted by molar-refractivity contribution is 5.97. The minimum absolute atomic E-state index is 0.0124. The third-order valence-corrected chi connectivity index (χ3v) is 5.30. The zero-order chi connectivity index (χ0) is 20.5. The van der Waals surface area contributed by atoms with Crippen molar-refractivity contribution >= 4 is 5.97 Å². The molecule has 6 nitrogen and oxygen atoms in total. The van der Waals surface area contributed by atoms with E-state index in [0.717, 1.165) is 18.2 Å². The van der Waals surface area contributed by atoms with Gasteiger partial charge in [0.2, 0.25) is 0 Å². The molecule has 8 heteroatoms. The highest BCUT2D eigenvalue weighted by atomic mass is 19.1. The fourth-order valence-corrected chi connectivity index (χ4v) is 4.02. The molecule has 0 fully saturated rings. The van der Waals surface area contributed by atoms with E-state index in [-0.39, 0.29) is 40.3 Å². The van der Waals surface area contributed by atoms with Crippen LogP contribution in [0.1, 0.15) is 32.6 Å². The minimum Gasteiger partial charge on any atom is -0.505 e. The van der Waals surface area contributed by atoms with Crippen molar-refractivity contribution < 1.29 is 33.3 Å². The molecule has 146 valence electrons. The number of nitrogens with two attached hydrogens (primary N) is 1. The molecule has 0 radical (unpaired) electrons. The molecule has 1 atom stereocenters. The predicted molar refractivity (Wildman–Crippen MR) is 95.8 cm³/mol. The van der Waals surface area contributed by atoms with Crippen LogP contribution in [0.2, 0.25) is 0 Å². The number of phenolic OH excluding ortho intramolecular Hbond substituents is 2. The molecule has 0 aliphatic carbocycles. The van der Waals surface area contributed by atoms with E-state index < -0.39 is 34.7 Å². The second kappa shape index (κ2) is 5.68. The van der Waals surface area contributed by atoms with Gasteiger partial charge in [-0.2, -0.15) is 0 Å². The molecule has 2 aliphatic heterocycles. The molecule has 4 N–H and O–H groups in total. The first-order chi connectivity index (χ1) is 13.9. The maximum Gasteiger partial charge on any atom is 0.340 e. The summed E-state index contributed by atoms with van der Waals surface area (Å²) in [6.07, 6.45) is 0. The van der Waals surface area contributed by atoms with Crippen LogP contribution in [-0.2, 0) is 16.9 Å². The molecule has 5 rings (SSSR count). The summed E-state index contributed by atoms with van der Waals surface area (Å²) < 4.78 is 40.4. The van der Waals surface area contributed by atoms with Gasteiger partial charge in [-0.3, -0.25) is 0 Å². The van der Waals surface area contributed by atoms with Crippen LogP contribution in [0.25, 0.3) is 0 Å². The average molecular weight is 397 g/mol. The topological polar surface area (TPSA) is 102 Å². The molecule has 3 aromatic carbocycles. The Morgan fingerprint density at radius 3 is 2.48 bits per heavy atom. The number of carbonyl (C=O) groups excluding carboxylic acids is 1. The van der Waals surface area contributed by atoms with E-state index in [2.05, 4.69) is 0 Å². The number of ether oxygens (including phenoxy) is 2. The summed E-state index contributed by atoms with van der Waals surface area (Å²) in [6.45, 7) is -0.278. The molecule has 1 unspecified atom stereocenters. The van der Waals surface area contributed by atoms with Gasteiger partial charge in [0, 0.05) is 18.2 Å². The minimum atomic E-state index is -1.73. The summed E-state index contributed by atoms with van der Waals surface area (Å²) in [6, 6.07) is 9.44. The molecule has 1 spiro atoms. The quantitative estimate of drug-likeness (QED) is 0.544. The molecule has 0 saturated carbocycles. The number of aromatic hydroxyl groups is 2. The van der Waals surface area contributed by atoms with E-state index in [0.29, 0.717) is 5.56 Å². The standard InChI is InChI=1S/C21H13F2NO5/c22-14-5-12-17(7-16(14)25)28-19-10(8-24)18(26)15(23)6-13(19)21(12)11-4-2-1-3-9(11)20(27)29-21/h1-7,25-26H,8,24H2. The van der Waals surface area contributed by atoms with Gasteiger partial charge in [0.05, 0.1) is 22.3 Å². The summed E-state index contributed by atoms with van der Waals surface area (Å²) in [7, 11) is 0. The van der Waals surface area contributed by atoms with Crippen LogP contribution in [-0.4, -0.2) is 16.2 Å². The van der Waals surface area contributed by atoms with Gasteiger partial charge >= 0.3 is 5.97 Å². The Bertz CT molecular complexity index is 1230. The lowest BCUT2D eigenvalue weighted by Crippen LogP contribution is -2.34. The third-order valence-electron chi connectivity index (χ3n) is 5.30. The molecule has 2 heterocycles. The van der Waals surface area contributed by atoms with Crippen molar-refractivity contribution in [3.63, 3.8) is 0 Å². The van der Waals surface area contributed by atoms with Crippen LogP contribution in [0.3, 0.4) is 0 Å². The summed E-state index contributed by atoms with van der Waals surface area (Å²) in [5.74, 6) is -4.05. The van der Waals surface area contributed by atoms with Crippen LogP contribution in [0.4, 0.5) is 8.78 Å². The summed E-state index contributed by atoms with van der Waals surface area (Å²) in [4.78, 5) is 12.6. The lowest BCUT2D eigenvalue weighted by molar-refractivity contribution is 0.0221. The van der Waals surface area contributed by atoms with Gasteiger partial charge in [0.1, 0.15) is 11.5 Å². The van der Waals surface area contributed by atoms with Gasteiger partial charge in [-0.1, -0.05) is 18.2 Å². The maximum absolute atomic E-state index is 14.6. The Kier molecular flexibility index (Phi) is 3.42. The number of rotatable bonds is 1. The Labute approximate surface area is 162 Å². The first-order valence-corrected chi connectivity index (χ1v) is 8.67. The van der Waals surface area contributed by atoms with Crippen LogP contribution >= 0.6 is 0 Å². The molecule has 0 aromatic heterocycles. The SMILES string of the molecule is NCc1c(O)c(F)cc2c1Oc1cc(O)c(F)cc1C21OC(=O)c2ccccc21. The Morgan fingerprint density at radius 2 is 1.72 bits per heavy atom. The molecular formula is C21H13F2NO5. The first-order valence-electron chi connectivity index (χ1n) is 8.67. The van der Waals surface area contributed by atoms with Gasteiger partial charge in [-0.05, 0) is 18.2 Å². The fraction of sp³-hybridized carbons (Fsp3) is 0.0952. The van der Waals surface area contributed by atoms with E-state index in [1.54, 1.807) is 24.3 Å². The molecular weight excluding hydrogens is 384 g/mol. The molecule has 0 amide bonds. The molecule has 3 aromatic rings. The first kappa shape index (κ1) is 17.4. The van der Waals surface area contributed by atoms with Crippen molar-refractivity contribution in [1.82, 2.24) is 0 Å². The number of fused-ring (bicyclic) bond motifs is 6. The average Bonchev–Trinajstić information content (AvgIpc) is 3.00. The van der Waals surface area contributed by atoms with Crippen molar-refractivity contribution in [3.8, 4) is 23.0 Å². The van der Waals surface area contributed by atoms with Crippen molar-refractivity contribution in [2.24, 2.45) is 5.73 Å². The van der Waals surface area contributed by atoms with E-state index in [1.165, 1.54) is 0 Å². The van der Waals surface area contributed by atoms with E-state index >= 15 is 0 Å². The second-order valence-corrected chi connectivity index (χ2v) is 6.78. The lowest BCUT2D eigenvalue weighted by atomic mass is 9.77. The summed E-state index contributed by atoms with van der Waals surface area (Å²) in [5, 5.41) is 20.0.